The number of para-hydroxylation sites is 1. The molecule has 1 aromatic carbocycles. The molecule has 8 heteroatoms. The largest absolute Gasteiger partial charge is 0.573 e. The number of hydrogen-bond acceptors (Lipinski definition) is 4. The molecule has 0 saturated carbocycles. The van der Waals surface area contributed by atoms with Crippen molar-refractivity contribution in [2.45, 2.75) is 38.3 Å². The first-order valence-corrected chi connectivity index (χ1v) is 7.61. The zero-order chi connectivity index (χ0) is 17.1. The summed E-state index contributed by atoms with van der Waals surface area (Å²) in [5.74, 6) is -0.491. The minimum absolute atomic E-state index is 0. The molecular weight excluding hydrogens is 347 g/mol. The molecule has 1 aliphatic rings. The zero-order valence-electron chi connectivity index (χ0n) is 13.6. The van der Waals surface area contributed by atoms with Crippen molar-refractivity contribution in [2.24, 2.45) is 5.92 Å². The molecule has 1 aliphatic heterocycles. The molecule has 0 aromatic heterocycles. The van der Waals surface area contributed by atoms with Crippen molar-refractivity contribution in [2.75, 3.05) is 19.7 Å². The number of aliphatic hydroxyl groups is 1. The third-order valence-corrected chi connectivity index (χ3v) is 4.16. The Labute approximate surface area is 145 Å². The number of rotatable bonds is 5. The fourth-order valence-corrected chi connectivity index (χ4v) is 2.76. The quantitative estimate of drug-likeness (QED) is 0.838. The van der Waals surface area contributed by atoms with Crippen LogP contribution in [0.5, 0.6) is 5.75 Å². The van der Waals surface area contributed by atoms with E-state index in [9.17, 15) is 18.3 Å². The summed E-state index contributed by atoms with van der Waals surface area (Å²) in [6.45, 7) is 5.26. The standard InChI is InChI=1S/C16H22F3NO3.ClH/c1-11(2)15(21,14-10-20-7-8-22-14)9-12-5-3-4-6-13(12)23-16(17,18)19;/h3-6,11,14,20-21H,7-10H2,1-2H3;1H. The number of ether oxygens (including phenoxy) is 2. The minimum Gasteiger partial charge on any atom is -0.406 e. The van der Waals surface area contributed by atoms with Crippen LogP contribution in [0.25, 0.3) is 0 Å². The summed E-state index contributed by atoms with van der Waals surface area (Å²) in [7, 11) is 0. The van der Waals surface area contributed by atoms with E-state index in [2.05, 4.69) is 10.1 Å². The van der Waals surface area contributed by atoms with Gasteiger partial charge in [-0.25, -0.2) is 0 Å². The van der Waals surface area contributed by atoms with Crippen molar-refractivity contribution in [3.63, 3.8) is 0 Å². The summed E-state index contributed by atoms with van der Waals surface area (Å²) in [6, 6.07) is 5.88. The van der Waals surface area contributed by atoms with Gasteiger partial charge in [0.15, 0.2) is 0 Å². The summed E-state index contributed by atoms with van der Waals surface area (Å²) in [6.07, 6.45) is -5.24. The van der Waals surface area contributed by atoms with E-state index in [1.807, 2.05) is 13.8 Å². The highest BCUT2D eigenvalue weighted by Gasteiger charge is 2.42. The lowest BCUT2D eigenvalue weighted by Crippen LogP contribution is -2.57. The van der Waals surface area contributed by atoms with Crippen LogP contribution in [0.1, 0.15) is 19.4 Å². The first-order valence-electron chi connectivity index (χ1n) is 7.61. The number of hydrogen-bond donors (Lipinski definition) is 2. The third kappa shape index (κ3) is 5.24. The van der Waals surface area contributed by atoms with E-state index in [0.29, 0.717) is 25.3 Å². The van der Waals surface area contributed by atoms with Gasteiger partial charge in [-0.1, -0.05) is 32.0 Å². The van der Waals surface area contributed by atoms with E-state index < -0.39 is 18.1 Å². The Morgan fingerprint density at radius 1 is 1.33 bits per heavy atom. The Morgan fingerprint density at radius 3 is 2.54 bits per heavy atom. The number of benzene rings is 1. The van der Waals surface area contributed by atoms with Crippen LogP contribution >= 0.6 is 12.4 Å². The predicted octanol–water partition coefficient (Wildman–Crippen LogP) is 2.93. The second-order valence-corrected chi connectivity index (χ2v) is 6.04. The van der Waals surface area contributed by atoms with Crippen LogP contribution in [-0.2, 0) is 11.2 Å². The molecule has 2 atom stereocenters. The van der Waals surface area contributed by atoms with E-state index in [0.717, 1.165) is 0 Å². The van der Waals surface area contributed by atoms with Crippen LogP contribution in [-0.4, -0.2) is 42.9 Å². The van der Waals surface area contributed by atoms with Crippen molar-refractivity contribution in [3.05, 3.63) is 29.8 Å². The molecule has 0 spiro atoms. The molecule has 0 aliphatic carbocycles. The summed E-state index contributed by atoms with van der Waals surface area (Å²) in [4.78, 5) is 0. The maximum absolute atomic E-state index is 12.5. The highest BCUT2D eigenvalue weighted by molar-refractivity contribution is 5.85. The number of halogens is 4. The molecule has 2 unspecified atom stereocenters. The average Bonchev–Trinajstić information content (AvgIpc) is 2.48. The van der Waals surface area contributed by atoms with Crippen LogP contribution in [0.4, 0.5) is 13.2 Å². The van der Waals surface area contributed by atoms with Gasteiger partial charge in [-0.2, -0.15) is 0 Å². The fourth-order valence-electron chi connectivity index (χ4n) is 2.76. The molecule has 24 heavy (non-hydrogen) atoms. The Kier molecular flexibility index (Phi) is 7.34. The second kappa shape index (κ2) is 8.38. The van der Waals surface area contributed by atoms with Crippen LogP contribution in [0.2, 0.25) is 0 Å². The molecule has 4 nitrogen and oxygen atoms in total. The lowest BCUT2D eigenvalue weighted by Gasteiger charge is -2.41. The number of nitrogens with one attached hydrogen (secondary N) is 1. The molecule has 138 valence electrons. The molecule has 1 heterocycles. The van der Waals surface area contributed by atoms with E-state index >= 15 is 0 Å². The second-order valence-electron chi connectivity index (χ2n) is 6.04. The van der Waals surface area contributed by atoms with Gasteiger partial charge in [0.1, 0.15) is 5.75 Å². The van der Waals surface area contributed by atoms with Crippen LogP contribution in [0, 0.1) is 5.92 Å². The summed E-state index contributed by atoms with van der Waals surface area (Å²) >= 11 is 0. The van der Waals surface area contributed by atoms with Gasteiger partial charge in [-0.3, -0.25) is 0 Å². The van der Waals surface area contributed by atoms with Gasteiger partial charge >= 0.3 is 6.36 Å². The van der Waals surface area contributed by atoms with Gasteiger partial charge in [-0.05, 0) is 17.5 Å². The maximum Gasteiger partial charge on any atom is 0.573 e. The summed E-state index contributed by atoms with van der Waals surface area (Å²) < 4.78 is 47.4. The predicted molar refractivity (Wildman–Crippen MR) is 86.5 cm³/mol. The van der Waals surface area contributed by atoms with Gasteiger partial charge in [0.2, 0.25) is 0 Å². The van der Waals surface area contributed by atoms with Crippen molar-refractivity contribution in [1.82, 2.24) is 5.32 Å². The Bertz CT molecular complexity index is 522. The molecule has 0 amide bonds. The fraction of sp³-hybridized carbons (Fsp3) is 0.625. The maximum atomic E-state index is 12.5. The van der Waals surface area contributed by atoms with Crippen LogP contribution in [0.3, 0.4) is 0 Å². The monoisotopic (exact) mass is 369 g/mol. The Morgan fingerprint density at radius 2 is 2.00 bits per heavy atom. The van der Waals surface area contributed by atoms with Crippen LogP contribution in [0.15, 0.2) is 24.3 Å². The topological polar surface area (TPSA) is 50.7 Å². The molecular formula is C16H23ClF3NO3. The van der Waals surface area contributed by atoms with Gasteiger partial charge < -0.3 is 19.9 Å². The van der Waals surface area contributed by atoms with E-state index in [1.54, 1.807) is 6.07 Å². The zero-order valence-corrected chi connectivity index (χ0v) is 14.4. The molecule has 1 aromatic rings. The van der Waals surface area contributed by atoms with Gasteiger partial charge in [-0.15, -0.1) is 25.6 Å². The highest BCUT2D eigenvalue weighted by Crippen LogP contribution is 2.34. The van der Waals surface area contributed by atoms with Crippen molar-refractivity contribution in [3.8, 4) is 5.75 Å². The Hall–Kier alpha value is -1.02. The first kappa shape index (κ1) is 21.0. The molecule has 2 N–H and O–H groups in total. The van der Waals surface area contributed by atoms with Gasteiger partial charge in [0, 0.05) is 19.5 Å². The van der Waals surface area contributed by atoms with E-state index in [1.165, 1.54) is 18.2 Å². The molecule has 0 radical (unpaired) electrons. The van der Waals surface area contributed by atoms with Gasteiger partial charge in [0.25, 0.3) is 0 Å². The summed E-state index contributed by atoms with van der Waals surface area (Å²) in [5.41, 5.74) is -0.992. The molecule has 0 bridgehead atoms. The van der Waals surface area contributed by atoms with E-state index in [4.69, 9.17) is 4.74 Å². The highest BCUT2D eigenvalue weighted by atomic mass is 35.5. The lowest BCUT2D eigenvalue weighted by molar-refractivity contribution is -0.275. The molecule has 1 saturated heterocycles. The average molecular weight is 370 g/mol. The molecule has 1 fully saturated rings. The lowest BCUT2D eigenvalue weighted by atomic mass is 9.79. The summed E-state index contributed by atoms with van der Waals surface area (Å²) in [5, 5.41) is 14.2. The van der Waals surface area contributed by atoms with Crippen molar-refractivity contribution >= 4 is 12.4 Å². The SMILES string of the molecule is CC(C)C(O)(Cc1ccccc1OC(F)(F)F)C1CNCCO1.Cl. The smallest absolute Gasteiger partial charge is 0.406 e. The minimum atomic E-state index is -4.77. The Balaban J connectivity index is 0.00000288. The van der Waals surface area contributed by atoms with E-state index in [-0.39, 0.29) is 30.5 Å². The number of alkyl halides is 3. The normalized spacial score (nSPS) is 21.0. The van der Waals surface area contributed by atoms with Crippen molar-refractivity contribution < 1.29 is 27.8 Å². The van der Waals surface area contributed by atoms with Gasteiger partial charge in [0.05, 0.1) is 18.3 Å². The molecule has 2 rings (SSSR count). The number of morpholine rings is 1. The first-order chi connectivity index (χ1) is 10.7. The van der Waals surface area contributed by atoms with Crippen molar-refractivity contribution in [1.29, 1.82) is 0 Å². The third-order valence-electron chi connectivity index (χ3n) is 4.16. The van der Waals surface area contributed by atoms with Crippen LogP contribution < -0.4 is 10.1 Å².